The van der Waals surface area contributed by atoms with Crippen molar-refractivity contribution in [2.75, 3.05) is 40.3 Å². The fourth-order valence-electron chi connectivity index (χ4n) is 5.40. The number of carbonyl (C=O) groups is 4. The molecule has 1 atom stereocenters. The second kappa shape index (κ2) is 13.9. The molecule has 1 amide bonds. The zero-order chi connectivity index (χ0) is 31.1. The van der Waals surface area contributed by atoms with Crippen molar-refractivity contribution in [3.05, 3.63) is 53.6 Å². The Balaban J connectivity index is 0.000000316. The maximum atomic E-state index is 13.7. The first-order valence-electron chi connectivity index (χ1n) is 13.5. The Morgan fingerprint density at radius 2 is 1.74 bits per heavy atom. The number of hydrogen-bond acceptors (Lipinski definition) is 8. The summed E-state index contributed by atoms with van der Waals surface area (Å²) in [6.45, 7) is 3.62. The monoisotopic (exact) mass is 592 g/mol. The van der Waals surface area contributed by atoms with Gasteiger partial charge in [-0.1, -0.05) is 6.07 Å². The molecule has 1 aromatic carbocycles. The van der Waals surface area contributed by atoms with Gasteiger partial charge in [-0.05, 0) is 48.6 Å². The Morgan fingerprint density at radius 3 is 2.26 bits per heavy atom. The molecule has 1 aromatic heterocycles. The molecule has 1 unspecified atom stereocenters. The Labute approximate surface area is 242 Å². The highest BCUT2D eigenvalue weighted by molar-refractivity contribution is 5.88. The van der Waals surface area contributed by atoms with Gasteiger partial charge in [-0.3, -0.25) is 19.1 Å². The molecule has 230 valence electrons. The van der Waals surface area contributed by atoms with Crippen molar-refractivity contribution in [2.24, 2.45) is 5.92 Å². The van der Waals surface area contributed by atoms with Crippen LogP contribution in [0.2, 0.25) is 0 Å². The van der Waals surface area contributed by atoms with E-state index < -0.39 is 36.4 Å². The fourth-order valence-corrected chi connectivity index (χ4v) is 5.40. The third-order valence-corrected chi connectivity index (χ3v) is 7.49. The first kappa shape index (κ1) is 32.6. The Morgan fingerprint density at radius 1 is 1.10 bits per heavy atom. The van der Waals surface area contributed by atoms with Crippen molar-refractivity contribution in [1.82, 2.24) is 19.6 Å². The maximum absolute atomic E-state index is 13.7. The standard InChI is InChI=1S/C22H29FN4O2.C6H8O7/c1-25(2)21(28)18(16-27-10-3-9-24-27)15-26-11-7-22(8-12-26)20-5-4-19(23)14-17(20)6-13-29-22;7-3(8)1-6(13,5(11)12)2-4(9)10/h3-5,9-10,14,18H,6-8,11-13,15-16H2,1-2H3;13H,1-2H2,(H,7,8)(H,9,10)(H,11,12). The molecule has 2 aromatic rings. The van der Waals surface area contributed by atoms with Crippen LogP contribution in [-0.2, 0) is 42.5 Å². The summed E-state index contributed by atoms with van der Waals surface area (Å²) in [5.41, 5.74) is -0.843. The number of aliphatic carboxylic acids is 3. The Bertz CT molecular complexity index is 1240. The predicted molar refractivity (Wildman–Crippen MR) is 145 cm³/mol. The van der Waals surface area contributed by atoms with Crippen LogP contribution in [0.4, 0.5) is 4.39 Å². The largest absolute Gasteiger partial charge is 0.481 e. The first-order valence-corrected chi connectivity index (χ1v) is 13.5. The lowest BCUT2D eigenvalue weighted by atomic mass is 9.79. The molecule has 2 aliphatic heterocycles. The summed E-state index contributed by atoms with van der Waals surface area (Å²) in [6.07, 6.45) is 3.83. The van der Waals surface area contributed by atoms with Gasteiger partial charge in [-0.25, -0.2) is 9.18 Å². The molecule has 4 rings (SSSR count). The maximum Gasteiger partial charge on any atom is 0.336 e. The van der Waals surface area contributed by atoms with Gasteiger partial charge in [0.1, 0.15) is 5.82 Å². The van der Waals surface area contributed by atoms with Crippen LogP contribution in [0.15, 0.2) is 36.7 Å². The van der Waals surface area contributed by atoms with Gasteiger partial charge in [0.15, 0.2) is 5.60 Å². The summed E-state index contributed by atoms with van der Waals surface area (Å²) < 4.78 is 21.7. The number of amides is 1. The molecule has 1 spiro atoms. The number of ether oxygens (including phenoxy) is 1. The van der Waals surface area contributed by atoms with E-state index in [-0.39, 0.29) is 23.2 Å². The van der Waals surface area contributed by atoms with Crippen LogP contribution < -0.4 is 0 Å². The minimum absolute atomic E-state index is 0.121. The number of likely N-dealkylation sites (tertiary alicyclic amines) is 1. The van der Waals surface area contributed by atoms with E-state index in [0.29, 0.717) is 19.7 Å². The molecular weight excluding hydrogens is 555 g/mol. The van der Waals surface area contributed by atoms with Crippen LogP contribution in [0.25, 0.3) is 0 Å². The second-order valence-electron chi connectivity index (χ2n) is 10.8. The molecule has 0 saturated carbocycles. The van der Waals surface area contributed by atoms with E-state index in [4.69, 9.17) is 25.2 Å². The van der Waals surface area contributed by atoms with Gasteiger partial charge in [0.05, 0.1) is 37.5 Å². The van der Waals surface area contributed by atoms with Crippen molar-refractivity contribution >= 4 is 23.8 Å². The lowest BCUT2D eigenvalue weighted by Crippen LogP contribution is -2.49. The van der Waals surface area contributed by atoms with Crippen LogP contribution in [0.1, 0.15) is 36.8 Å². The Hall–Kier alpha value is -3.88. The number of fused-ring (bicyclic) bond motifs is 2. The number of aromatic nitrogens is 2. The summed E-state index contributed by atoms with van der Waals surface area (Å²) in [5, 5.41) is 38.1. The van der Waals surface area contributed by atoms with E-state index in [0.717, 1.165) is 43.5 Å². The van der Waals surface area contributed by atoms with Crippen LogP contribution in [-0.4, -0.2) is 110 Å². The smallest absolute Gasteiger partial charge is 0.336 e. The van der Waals surface area contributed by atoms with Gasteiger partial charge >= 0.3 is 17.9 Å². The summed E-state index contributed by atoms with van der Waals surface area (Å²) in [6, 6.07) is 6.97. The first-order chi connectivity index (χ1) is 19.7. The quantitative estimate of drug-likeness (QED) is 0.309. The number of nitrogens with zero attached hydrogens (tertiary/aromatic N) is 4. The highest BCUT2D eigenvalue weighted by Gasteiger charge is 2.42. The number of piperidine rings is 1. The van der Waals surface area contributed by atoms with E-state index in [1.165, 1.54) is 6.07 Å². The molecule has 3 heterocycles. The fraction of sp³-hybridized carbons (Fsp3) is 0.536. The lowest BCUT2D eigenvalue weighted by Gasteiger charge is -2.45. The highest BCUT2D eigenvalue weighted by Crippen LogP contribution is 2.41. The third-order valence-electron chi connectivity index (χ3n) is 7.49. The number of halogens is 1. The minimum atomic E-state index is -2.74. The van der Waals surface area contributed by atoms with E-state index in [2.05, 4.69) is 10.00 Å². The highest BCUT2D eigenvalue weighted by atomic mass is 19.1. The molecule has 1 fully saturated rings. The van der Waals surface area contributed by atoms with Gasteiger partial charge in [-0.2, -0.15) is 5.10 Å². The molecule has 2 aliphatic rings. The van der Waals surface area contributed by atoms with Crippen molar-refractivity contribution < 1.29 is 48.7 Å². The van der Waals surface area contributed by atoms with Crippen LogP contribution in [0.3, 0.4) is 0 Å². The van der Waals surface area contributed by atoms with Gasteiger partial charge in [-0.15, -0.1) is 0 Å². The van der Waals surface area contributed by atoms with Crippen LogP contribution in [0.5, 0.6) is 0 Å². The van der Waals surface area contributed by atoms with Crippen LogP contribution in [0, 0.1) is 11.7 Å². The lowest BCUT2D eigenvalue weighted by molar-refractivity contribution is -0.170. The molecule has 14 heteroatoms. The average molecular weight is 593 g/mol. The summed E-state index contributed by atoms with van der Waals surface area (Å²) in [5.74, 6) is -5.22. The summed E-state index contributed by atoms with van der Waals surface area (Å²) >= 11 is 0. The van der Waals surface area contributed by atoms with Gasteiger partial charge in [0.25, 0.3) is 0 Å². The zero-order valence-corrected chi connectivity index (χ0v) is 23.6. The number of hydrogen-bond donors (Lipinski definition) is 4. The number of benzene rings is 1. The topological polar surface area (TPSA) is 183 Å². The zero-order valence-electron chi connectivity index (χ0n) is 23.6. The van der Waals surface area contributed by atoms with Crippen LogP contribution >= 0.6 is 0 Å². The normalized spacial score (nSPS) is 17.0. The SMILES string of the molecule is CN(C)C(=O)C(CN1CCC2(CC1)OCCc1cc(F)ccc12)Cn1cccn1.O=C(O)CC(O)(CC(=O)O)C(=O)O. The molecule has 1 saturated heterocycles. The summed E-state index contributed by atoms with van der Waals surface area (Å²) in [7, 11) is 3.60. The van der Waals surface area contributed by atoms with E-state index >= 15 is 0 Å². The molecule has 13 nitrogen and oxygen atoms in total. The number of aliphatic hydroxyl groups is 1. The molecule has 0 bridgehead atoms. The number of carboxylic acid groups (broad SMARTS) is 3. The molecule has 42 heavy (non-hydrogen) atoms. The van der Waals surface area contributed by atoms with E-state index in [9.17, 15) is 23.6 Å². The van der Waals surface area contributed by atoms with Crippen molar-refractivity contribution in [1.29, 1.82) is 0 Å². The number of rotatable bonds is 10. The minimum Gasteiger partial charge on any atom is -0.481 e. The molecule has 0 radical (unpaired) electrons. The summed E-state index contributed by atoms with van der Waals surface area (Å²) in [4.78, 5) is 47.2. The predicted octanol–water partition coefficient (Wildman–Crippen LogP) is 1.04. The van der Waals surface area contributed by atoms with Crippen molar-refractivity contribution in [3.63, 3.8) is 0 Å². The number of carboxylic acids is 3. The van der Waals surface area contributed by atoms with Gasteiger partial charge in [0, 0.05) is 46.1 Å². The van der Waals surface area contributed by atoms with E-state index in [1.54, 1.807) is 31.3 Å². The second-order valence-corrected chi connectivity index (χ2v) is 10.8. The molecule has 4 N–H and O–H groups in total. The van der Waals surface area contributed by atoms with E-state index in [1.807, 2.05) is 23.0 Å². The third kappa shape index (κ3) is 8.33. The van der Waals surface area contributed by atoms with Gasteiger partial charge in [0.2, 0.25) is 5.91 Å². The average Bonchev–Trinajstić information content (AvgIpc) is 3.42. The molecule has 0 aliphatic carbocycles. The van der Waals surface area contributed by atoms with Gasteiger partial charge < -0.3 is 35.0 Å². The van der Waals surface area contributed by atoms with Crippen molar-refractivity contribution in [3.8, 4) is 0 Å². The van der Waals surface area contributed by atoms with Crippen molar-refractivity contribution in [2.45, 2.75) is 49.9 Å². The Kier molecular flexibility index (Phi) is 10.8. The number of carbonyl (C=O) groups excluding carboxylic acids is 1. The molecular formula is C28H37FN4O9.